The molecule has 130 valence electrons. The summed E-state index contributed by atoms with van der Waals surface area (Å²) >= 11 is 1.62. The highest BCUT2D eigenvalue weighted by Crippen LogP contribution is 2.36. The van der Waals surface area contributed by atoms with Crippen LogP contribution in [0.3, 0.4) is 0 Å². The molecule has 1 aliphatic heterocycles. The average molecular weight is 353 g/mol. The minimum absolute atomic E-state index is 0.0223. The summed E-state index contributed by atoms with van der Waals surface area (Å²) < 4.78 is 0. The number of nitrogens with zero attached hydrogens (tertiary/aromatic N) is 1. The van der Waals surface area contributed by atoms with Crippen LogP contribution < -0.4 is 11.1 Å². The molecule has 0 fully saturated rings. The number of rotatable bonds is 4. The van der Waals surface area contributed by atoms with Crippen LogP contribution in [0.2, 0.25) is 0 Å². The zero-order chi connectivity index (χ0) is 17.9. The normalized spacial score (nSPS) is 20.0. The minimum atomic E-state index is -0.265. The van der Waals surface area contributed by atoms with Gasteiger partial charge in [-0.05, 0) is 47.7 Å². The highest BCUT2D eigenvalue weighted by atomic mass is 32.2. The van der Waals surface area contributed by atoms with Gasteiger partial charge in [0.05, 0.1) is 5.54 Å². The Morgan fingerprint density at radius 1 is 1.24 bits per heavy atom. The van der Waals surface area contributed by atoms with Crippen LogP contribution in [0.1, 0.15) is 31.4 Å². The fourth-order valence-corrected chi connectivity index (χ4v) is 3.99. The molecule has 5 heteroatoms. The van der Waals surface area contributed by atoms with Crippen LogP contribution in [-0.4, -0.2) is 16.8 Å². The van der Waals surface area contributed by atoms with E-state index < -0.39 is 0 Å². The second-order valence-electron chi connectivity index (χ2n) is 6.51. The topological polar surface area (TPSA) is 67.5 Å². The first-order chi connectivity index (χ1) is 12.0. The summed E-state index contributed by atoms with van der Waals surface area (Å²) in [6, 6.07) is 16.8. The molecule has 2 aromatic carbocycles. The predicted molar refractivity (Wildman–Crippen MR) is 105 cm³/mol. The van der Waals surface area contributed by atoms with Gasteiger partial charge in [-0.3, -0.25) is 9.79 Å². The molecule has 0 bridgehead atoms. The molecule has 0 aliphatic carbocycles. The molecule has 0 spiro atoms. The SMILES string of the molecule is CC(=O)NCc1cccc(-c2cccc([C@]3(C)CCSC(N)=N3)c2)c1. The summed E-state index contributed by atoms with van der Waals surface area (Å²) in [4.78, 5) is 15.8. The van der Waals surface area contributed by atoms with Gasteiger partial charge in [0.1, 0.15) is 0 Å². The molecule has 1 atom stereocenters. The number of hydrogen-bond acceptors (Lipinski definition) is 4. The molecular weight excluding hydrogens is 330 g/mol. The molecule has 3 rings (SSSR count). The number of amides is 1. The molecular formula is C20H23N3OS. The molecule has 0 saturated heterocycles. The van der Waals surface area contributed by atoms with E-state index >= 15 is 0 Å². The van der Waals surface area contributed by atoms with Crippen molar-refractivity contribution < 1.29 is 4.79 Å². The van der Waals surface area contributed by atoms with E-state index in [0.29, 0.717) is 11.7 Å². The van der Waals surface area contributed by atoms with Crippen molar-refractivity contribution in [1.82, 2.24) is 5.32 Å². The van der Waals surface area contributed by atoms with Gasteiger partial charge in [-0.15, -0.1) is 0 Å². The molecule has 1 amide bonds. The second-order valence-corrected chi connectivity index (χ2v) is 7.63. The Hall–Kier alpha value is -2.27. The Morgan fingerprint density at radius 2 is 1.96 bits per heavy atom. The Morgan fingerprint density at radius 3 is 2.68 bits per heavy atom. The molecule has 25 heavy (non-hydrogen) atoms. The van der Waals surface area contributed by atoms with Crippen LogP contribution >= 0.6 is 11.8 Å². The van der Waals surface area contributed by atoms with Gasteiger partial charge >= 0.3 is 0 Å². The zero-order valence-electron chi connectivity index (χ0n) is 14.6. The summed E-state index contributed by atoms with van der Waals surface area (Å²) in [5.41, 5.74) is 10.2. The van der Waals surface area contributed by atoms with Crippen LogP contribution in [0, 0.1) is 0 Å². The standard InChI is InChI=1S/C20H23N3OS/c1-14(24)22-13-15-5-3-6-16(11-15)17-7-4-8-18(12-17)20(2)9-10-25-19(21)23-20/h3-8,11-12H,9-10,13H2,1-2H3,(H2,21,23)(H,22,24)/t20-/m0/s1. The van der Waals surface area contributed by atoms with Gasteiger partial charge in [0, 0.05) is 19.2 Å². The van der Waals surface area contributed by atoms with E-state index in [1.54, 1.807) is 11.8 Å². The van der Waals surface area contributed by atoms with Crippen LogP contribution in [0.15, 0.2) is 53.5 Å². The van der Waals surface area contributed by atoms with Crippen molar-refractivity contribution in [2.75, 3.05) is 5.75 Å². The van der Waals surface area contributed by atoms with Crippen molar-refractivity contribution in [2.24, 2.45) is 10.7 Å². The lowest BCUT2D eigenvalue weighted by molar-refractivity contribution is -0.119. The largest absolute Gasteiger partial charge is 0.379 e. The summed E-state index contributed by atoms with van der Waals surface area (Å²) in [6.45, 7) is 4.22. The van der Waals surface area contributed by atoms with Crippen LogP contribution in [0.25, 0.3) is 11.1 Å². The van der Waals surface area contributed by atoms with E-state index in [0.717, 1.165) is 28.9 Å². The highest BCUT2D eigenvalue weighted by Gasteiger charge is 2.29. The molecule has 3 N–H and O–H groups in total. The molecule has 2 aromatic rings. The van der Waals surface area contributed by atoms with Gasteiger partial charge in [-0.1, -0.05) is 48.2 Å². The molecule has 0 radical (unpaired) electrons. The van der Waals surface area contributed by atoms with E-state index in [2.05, 4.69) is 48.6 Å². The fourth-order valence-electron chi connectivity index (χ4n) is 3.02. The number of thioether (sulfide) groups is 1. The summed E-state index contributed by atoms with van der Waals surface area (Å²) in [7, 11) is 0. The molecule has 1 heterocycles. The summed E-state index contributed by atoms with van der Waals surface area (Å²) in [5.74, 6) is 0.966. The van der Waals surface area contributed by atoms with Crippen molar-refractivity contribution in [3.63, 3.8) is 0 Å². The van der Waals surface area contributed by atoms with Gasteiger partial charge in [0.25, 0.3) is 0 Å². The monoisotopic (exact) mass is 353 g/mol. The number of aliphatic imine (C=N–C) groups is 1. The molecule has 1 aliphatic rings. The summed E-state index contributed by atoms with van der Waals surface area (Å²) in [6.07, 6.45) is 0.977. The fraction of sp³-hybridized carbons (Fsp3) is 0.300. The van der Waals surface area contributed by atoms with Crippen molar-refractivity contribution >= 4 is 22.8 Å². The zero-order valence-corrected chi connectivity index (χ0v) is 15.4. The van der Waals surface area contributed by atoms with Gasteiger partial charge in [0.15, 0.2) is 5.17 Å². The number of nitrogens with two attached hydrogens (primary N) is 1. The van der Waals surface area contributed by atoms with E-state index in [-0.39, 0.29) is 11.4 Å². The Bertz CT molecular complexity index is 818. The maximum atomic E-state index is 11.1. The van der Waals surface area contributed by atoms with E-state index in [9.17, 15) is 4.79 Å². The lowest BCUT2D eigenvalue weighted by atomic mass is 9.87. The molecule has 0 saturated carbocycles. The first-order valence-corrected chi connectivity index (χ1v) is 9.37. The summed E-state index contributed by atoms with van der Waals surface area (Å²) in [5, 5.41) is 3.50. The molecule has 0 aromatic heterocycles. The van der Waals surface area contributed by atoms with E-state index in [1.165, 1.54) is 12.5 Å². The number of benzene rings is 2. The average Bonchev–Trinajstić information content (AvgIpc) is 2.60. The first kappa shape index (κ1) is 17.5. The number of carbonyl (C=O) groups excluding carboxylic acids is 1. The maximum absolute atomic E-state index is 11.1. The third-order valence-electron chi connectivity index (χ3n) is 4.48. The van der Waals surface area contributed by atoms with E-state index in [4.69, 9.17) is 10.7 Å². The first-order valence-electron chi connectivity index (χ1n) is 8.39. The van der Waals surface area contributed by atoms with Gasteiger partial charge in [0.2, 0.25) is 5.91 Å². The quantitative estimate of drug-likeness (QED) is 0.881. The van der Waals surface area contributed by atoms with Gasteiger partial charge in [-0.2, -0.15) is 0 Å². The van der Waals surface area contributed by atoms with Crippen LogP contribution in [0.4, 0.5) is 0 Å². The highest BCUT2D eigenvalue weighted by molar-refractivity contribution is 8.13. The van der Waals surface area contributed by atoms with Crippen LogP contribution in [0.5, 0.6) is 0 Å². The van der Waals surface area contributed by atoms with Gasteiger partial charge < -0.3 is 11.1 Å². The molecule has 4 nitrogen and oxygen atoms in total. The lowest BCUT2D eigenvalue weighted by Crippen LogP contribution is -2.28. The van der Waals surface area contributed by atoms with Crippen molar-refractivity contribution in [1.29, 1.82) is 0 Å². The third kappa shape index (κ3) is 4.23. The lowest BCUT2D eigenvalue weighted by Gasteiger charge is -2.30. The molecule has 0 unspecified atom stereocenters. The van der Waals surface area contributed by atoms with Crippen molar-refractivity contribution in [3.05, 3.63) is 59.7 Å². The minimum Gasteiger partial charge on any atom is -0.379 e. The number of carbonyl (C=O) groups is 1. The Balaban J connectivity index is 1.90. The van der Waals surface area contributed by atoms with Gasteiger partial charge in [-0.25, -0.2) is 0 Å². The van der Waals surface area contributed by atoms with Crippen LogP contribution in [-0.2, 0) is 16.9 Å². The second kappa shape index (κ2) is 7.31. The smallest absolute Gasteiger partial charge is 0.217 e. The maximum Gasteiger partial charge on any atom is 0.217 e. The van der Waals surface area contributed by atoms with Crippen molar-refractivity contribution in [3.8, 4) is 11.1 Å². The number of nitrogens with one attached hydrogen (secondary N) is 1. The van der Waals surface area contributed by atoms with E-state index in [1.807, 2.05) is 12.1 Å². The number of hydrogen-bond donors (Lipinski definition) is 2. The Kier molecular flexibility index (Phi) is 5.13. The van der Waals surface area contributed by atoms with Crippen molar-refractivity contribution in [2.45, 2.75) is 32.4 Å². The Labute approximate surface area is 152 Å². The third-order valence-corrected chi connectivity index (χ3v) is 5.28. The predicted octanol–water partition coefficient (Wildman–Crippen LogP) is 3.66. The number of amidine groups is 1.